The van der Waals surface area contributed by atoms with Crippen molar-refractivity contribution in [3.63, 3.8) is 0 Å². The molecular formula is C20H35N3O5. The second kappa shape index (κ2) is 11.5. The van der Waals surface area contributed by atoms with Crippen LogP contribution < -0.4 is 11.1 Å². The molecule has 0 saturated carbocycles. The average Bonchev–Trinajstić information content (AvgIpc) is 2.68. The average molecular weight is 398 g/mol. The predicted molar refractivity (Wildman–Crippen MR) is 106 cm³/mol. The molecule has 0 aromatic heterocycles. The Hall–Kier alpha value is -1.48. The van der Waals surface area contributed by atoms with Gasteiger partial charge in [-0.2, -0.15) is 0 Å². The Morgan fingerprint density at radius 1 is 1.32 bits per heavy atom. The van der Waals surface area contributed by atoms with Crippen LogP contribution in [0.15, 0.2) is 11.6 Å². The first-order chi connectivity index (χ1) is 13.4. The van der Waals surface area contributed by atoms with Gasteiger partial charge in [-0.3, -0.25) is 9.69 Å². The smallest absolute Gasteiger partial charge is 0.333 e. The number of hydrogen-bond donors (Lipinski definition) is 2. The lowest BCUT2D eigenvalue weighted by Crippen LogP contribution is -2.57. The Bertz CT molecular complexity index is 544. The summed E-state index contributed by atoms with van der Waals surface area (Å²) in [6, 6.07) is -0.766. The van der Waals surface area contributed by atoms with Crippen molar-refractivity contribution in [2.24, 2.45) is 5.73 Å². The zero-order chi connectivity index (χ0) is 20.5. The lowest BCUT2D eigenvalue weighted by molar-refractivity contribution is -0.140. The first-order valence-electron chi connectivity index (χ1n) is 10.3. The molecule has 3 N–H and O–H groups in total. The zero-order valence-electron chi connectivity index (χ0n) is 17.3. The highest BCUT2D eigenvalue weighted by molar-refractivity contribution is 5.89. The molecule has 0 radical (unpaired) electrons. The van der Waals surface area contributed by atoms with Crippen LogP contribution in [-0.4, -0.2) is 80.5 Å². The Morgan fingerprint density at radius 2 is 2.00 bits per heavy atom. The standard InChI is InChI=1S/C20H35N3O5/c1-4-16(5-2)28-18-13-15(12-17(21)19(18)22-14(3)24)20(25)27-11-8-23-6-9-26-10-7-23/h13,16-19H,4-12,21H2,1-3H3,(H,22,24)/t17-,18+,19+/m0/s1. The monoisotopic (exact) mass is 397 g/mol. The van der Waals surface area contributed by atoms with Crippen LogP contribution in [0.2, 0.25) is 0 Å². The van der Waals surface area contributed by atoms with Gasteiger partial charge in [0.25, 0.3) is 0 Å². The number of ether oxygens (including phenoxy) is 3. The van der Waals surface area contributed by atoms with Crippen molar-refractivity contribution in [1.82, 2.24) is 10.2 Å². The Balaban J connectivity index is 1.99. The van der Waals surface area contributed by atoms with Gasteiger partial charge >= 0.3 is 5.97 Å². The Morgan fingerprint density at radius 3 is 2.61 bits per heavy atom. The molecule has 0 aromatic rings. The summed E-state index contributed by atoms with van der Waals surface area (Å²) in [6.45, 7) is 9.73. The van der Waals surface area contributed by atoms with Crippen LogP contribution in [-0.2, 0) is 23.8 Å². The van der Waals surface area contributed by atoms with Gasteiger partial charge in [0.15, 0.2) is 0 Å². The zero-order valence-corrected chi connectivity index (χ0v) is 17.3. The van der Waals surface area contributed by atoms with E-state index in [1.165, 1.54) is 6.92 Å². The summed E-state index contributed by atoms with van der Waals surface area (Å²) in [6.07, 6.45) is 3.43. The topological polar surface area (TPSA) is 103 Å². The largest absolute Gasteiger partial charge is 0.461 e. The SMILES string of the molecule is CCC(CC)O[C@@H]1C=C(C(=O)OCCN2CCOCC2)C[C@H](N)[C@H]1NC(C)=O. The number of morpholine rings is 1. The van der Waals surface area contributed by atoms with Gasteiger partial charge in [-0.15, -0.1) is 0 Å². The molecule has 1 fully saturated rings. The highest BCUT2D eigenvalue weighted by atomic mass is 16.5. The number of esters is 1. The quantitative estimate of drug-likeness (QED) is 0.549. The molecule has 1 heterocycles. The molecular weight excluding hydrogens is 362 g/mol. The molecule has 0 unspecified atom stereocenters. The maximum atomic E-state index is 12.6. The van der Waals surface area contributed by atoms with E-state index in [9.17, 15) is 9.59 Å². The molecule has 8 nitrogen and oxygen atoms in total. The first-order valence-corrected chi connectivity index (χ1v) is 10.3. The van der Waals surface area contributed by atoms with E-state index in [1.54, 1.807) is 6.08 Å². The fraction of sp³-hybridized carbons (Fsp3) is 0.800. The van der Waals surface area contributed by atoms with Crippen molar-refractivity contribution >= 4 is 11.9 Å². The molecule has 2 aliphatic rings. The molecule has 0 bridgehead atoms. The van der Waals surface area contributed by atoms with Gasteiger partial charge in [0.1, 0.15) is 6.61 Å². The van der Waals surface area contributed by atoms with E-state index in [2.05, 4.69) is 24.1 Å². The van der Waals surface area contributed by atoms with E-state index in [-0.39, 0.29) is 24.0 Å². The van der Waals surface area contributed by atoms with Gasteiger partial charge in [-0.05, 0) is 25.3 Å². The fourth-order valence-corrected chi connectivity index (χ4v) is 3.58. The third-order valence-corrected chi connectivity index (χ3v) is 5.27. The molecule has 1 saturated heterocycles. The van der Waals surface area contributed by atoms with E-state index in [0.29, 0.717) is 38.4 Å². The molecule has 8 heteroatoms. The fourth-order valence-electron chi connectivity index (χ4n) is 3.58. The van der Waals surface area contributed by atoms with Crippen LogP contribution in [0, 0.1) is 0 Å². The Labute approximate surface area is 167 Å². The van der Waals surface area contributed by atoms with Crippen molar-refractivity contribution < 1.29 is 23.8 Å². The highest BCUT2D eigenvalue weighted by Crippen LogP contribution is 2.24. The van der Waals surface area contributed by atoms with E-state index >= 15 is 0 Å². The second-order valence-corrected chi connectivity index (χ2v) is 7.42. The summed E-state index contributed by atoms with van der Waals surface area (Å²) in [5.74, 6) is -0.522. The summed E-state index contributed by atoms with van der Waals surface area (Å²) >= 11 is 0. The Kier molecular flexibility index (Phi) is 9.37. The maximum Gasteiger partial charge on any atom is 0.333 e. The molecule has 0 spiro atoms. The number of nitrogens with zero attached hydrogens (tertiary/aromatic N) is 1. The predicted octanol–water partition coefficient (Wildman–Crippen LogP) is 0.598. The summed E-state index contributed by atoms with van der Waals surface area (Å²) in [5.41, 5.74) is 6.81. The molecule has 0 aromatic carbocycles. The highest BCUT2D eigenvalue weighted by Gasteiger charge is 2.36. The van der Waals surface area contributed by atoms with Crippen molar-refractivity contribution in [2.45, 2.75) is 64.3 Å². The maximum absolute atomic E-state index is 12.6. The second-order valence-electron chi connectivity index (χ2n) is 7.42. The van der Waals surface area contributed by atoms with Crippen LogP contribution in [0.25, 0.3) is 0 Å². The van der Waals surface area contributed by atoms with Crippen molar-refractivity contribution in [2.75, 3.05) is 39.5 Å². The summed E-state index contributed by atoms with van der Waals surface area (Å²) in [7, 11) is 0. The minimum absolute atomic E-state index is 0.0430. The summed E-state index contributed by atoms with van der Waals surface area (Å²) < 4.78 is 16.9. The van der Waals surface area contributed by atoms with Gasteiger partial charge in [-0.25, -0.2) is 4.79 Å². The number of carbonyl (C=O) groups is 2. The number of nitrogens with two attached hydrogens (primary N) is 1. The van der Waals surface area contributed by atoms with Crippen LogP contribution in [0.3, 0.4) is 0 Å². The van der Waals surface area contributed by atoms with Crippen molar-refractivity contribution in [3.8, 4) is 0 Å². The number of amides is 1. The molecule has 3 atom stereocenters. The van der Waals surface area contributed by atoms with E-state index in [4.69, 9.17) is 19.9 Å². The first kappa shape index (κ1) is 22.8. The third kappa shape index (κ3) is 6.84. The van der Waals surface area contributed by atoms with E-state index in [1.807, 2.05) is 0 Å². The van der Waals surface area contributed by atoms with E-state index < -0.39 is 12.1 Å². The minimum atomic E-state index is -0.445. The van der Waals surface area contributed by atoms with Crippen LogP contribution in [0.4, 0.5) is 0 Å². The number of rotatable bonds is 9. The van der Waals surface area contributed by atoms with Gasteiger partial charge in [0, 0.05) is 38.2 Å². The molecule has 28 heavy (non-hydrogen) atoms. The lowest BCUT2D eigenvalue weighted by Gasteiger charge is -2.36. The van der Waals surface area contributed by atoms with Gasteiger partial charge in [0.2, 0.25) is 5.91 Å². The third-order valence-electron chi connectivity index (χ3n) is 5.27. The minimum Gasteiger partial charge on any atom is -0.461 e. The number of hydrogen-bond acceptors (Lipinski definition) is 7. The van der Waals surface area contributed by atoms with Crippen LogP contribution in [0.1, 0.15) is 40.0 Å². The summed E-state index contributed by atoms with van der Waals surface area (Å²) in [4.78, 5) is 26.4. The van der Waals surface area contributed by atoms with Gasteiger partial charge in [-0.1, -0.05) is 13.8 Å². The lowest BCUT2D eigenvalue weighted by atomic mass is 9.88. The van der Waals surface area contributed by atoms with Crippen LogP contribution in [0.5, 0.6) is 0 Å². The number of carbonyl (C=O) groups excluding carboxylic acids is 2. The summed E-state index contributed by atoms with van der Waals surface area (Å²) in [5, 5.41) is 2.88. The molecule has 2 rings (SSSR count). The molecule has 1 aliphatic carbocycles. The van der Waals surface area contributed by atoms with Crippen LogP contribution >= 0.6 is 0 Å². The molecule has 1 aliphatic heterocycles. The van der Waals surface area contributed by atoms with Gasteiger partial charge < -0.3 is 25.3 Å². The normalized spacial score (nSPS) is 26.0. The molecule has 160 valence electrons. The van der Waals surface area contributed by atoms with Crippen molar-refractivity contribution in [1.29, 1.82) is 0 Å². The van der Waals surface area contributed by atoms with Crippen molar-refractivity contribution in [3.05, 3.63) is 11.6 Å². The van der Waals surface area contributed by atoms with Gasteiger partial charge in [0.05, 0.1) is 31.5 Å². The number of nitrogens with one attached hydrogen (secondary N) is 1. The van der Waals surface area contributed by atoms with E-state index in [0.717, 1.165) is 25.9 Å². The molecule has 1 amide bonds.